The van der Waals surface area contributed by atoms with Crippen LogP contribution in [0.15, 0.2) is 12.2 Å². The third kappa shape index (κ3) is 26.6. The van der Waals surface area contributed by atoms with Crippen molar-refractivity contribution in [1.82, 2.24) is 4.90 Å². The smallest absolute Gasteiger partial charge is 0.306 e. The van der Waals surface area contributed by atoms with Gasteiger partial charge in [-0.1, -0.05) is 109 Å². The van der Waals surface area contributed by atoms with Crippen LogP contribution in [-0.4, -0.2) is 48.7 Å². The number of allylic oxidation sites excluding steroid dienone is 2. The van der Waals surface area contributed by atoms with Crippen LogP contribution in [0.3, 0.4) is 0 Å². The van der Waals surface area contributed by atoms with Crippen LogP contribution < -0.4 is 0 Å². The molecule has 0 aromatic rings. The normalized spacial score (nSPS) is 13.3. The maximum absolute atomic E-state index is 12.4. The van der Waals surface area contributed by atoms with Crippen LogP contribution in [0.4, 0.5) is 0 Å². The van der Waals surface area contributed by atoms with Gasteiger partial charge in [0.05, 0.1) is 5.92 Å². The van der Waals surface area contributed by atoms with E-state index in [4.69, 9.17) is 4.74 Å². The molecule has 0 rings (SSSR count). The van der Waals surface area contributed by atoms with Gasteiger partial charge in [-0.2, -0.15) is 0 Å². The highest BCUT2D eigenvalue weighted by Gasteiger charge is 2.16. The molecule has 0 bridgehead atoms. The van der Waals surface area contributed by atoms with Crippen LogP contribution >= 0.6 is 0 Å². The molecule has 5 nitrogen and oxygen atoms in total. The van der Waals surface area contributed by atoms with E-state index in [0.29, 0.717) is 12.8 Å². The van der Waals surface area contributed by atoms with Crippen molar-refractivity contribution < 1.29 is 19.4 Å². The highest BCUT2D eigenvalue weighted by molar-refractivity contribution is 5.70. The number of hydrogen-bond acceptors (Lipinski definition) is 4. The summed E-state index contributed by atoms with van der Waals surface area (Å²) < 4.78 is 5.91. The van der Waals surface area contributed by atoms with Crippen LogP contribution in [-0.2, 0) is 14.3 Å². The summed E-state index contributed by atoms with van der Waals surface area (Å²) in [6, 6.07) is 0. The Bertz CT molecular complexity index is 590. The fourth-order valence-electron chi connectivity index (χ4n) is 5.08. The van der Waals surface area contributed by atoms with E-state index in [1.165, 1.54) is 64.2 Å². The molecule has 0 radical (unpaired) electrons. The van der Waals surface area contributed by atoms with Crippen molar-refractivity contribution >= 4 is 11.9 Å². The van der Waals surface area contributed by atoms with Gasteiger partial charge in [0, 0.05) is 6.42 Å². The molecular formula is C34H65NO4. The summed E-state index contributed by atoms with van der Waals surface area (Å²) >= 11 is 0. The Hall–Kier alpha value is -1.36. The molecular weight excluding hydrogens is 486 g/mol. The maximum Gasteiger partial charge on any atom is 0.306 e. The lowest BCUT2D eigenvalue weighted by atomic mass is 9.96. The zero-order valence-corrected chi connectivity index (χ0v) is 26.4. The summed E-state index contributed by atoms with van der Waals surface area (Å²) in [5.74, 6) is -0.957. The molecule has 0 amide bonds. The number of carbonyl (C=O) groups is 2. The largest absolute Gasteiger partial charge is 0.481 e. The molecule has 0 aromatic carbocycles. The van der Waals surface area contributed by atoms with Gasteiger partial charge in [0.25, 0.3) is 0 Å². The number of ether oxygens (including phenoxy) is 1. The lowest BCUT2D eigenvalue weighted by Crippen LogP contribution is -2.20. The van der Waals surface area contributed by atoms with Gasteiger partial charge in [0.15, 0.2) is 0 Å². The molecule has 2 unspecified atom stereocenters. The highest BCUT2D eigenvalue weighted by atomic mass is 16.5. The fraction of sp³-hybridized carbons (Fsp3) is 0.882. The molecule has 0 fully saturated rings. The van der Waals surface area contributed by atoms with Crippen molar-refractivity contribution in [1.29, 1.82) is 0 Å². The second-order valence-electron chi connectivity index (χ2n) is 11.9. The highest BCUT2D eigenvalue weighted by Crippen LogP contribution is 2.20. The first-order chi connectivity index (χ1) is 18.9. The van der Waals surface area contributed by atoms with Gasteiger partial charge in [0.1, 0.15) is 6.10 Å². The molecule has 0 saturated heterocycles. The Morgan fingerprint density at radius 1 is 0.692 bits per heavy atom. The van der Waals surface area contributed by atoms with Gasteiger partial charge in [-0.3, -0.25) is 9.59 Å². The van der Waals surface area contributed by atoms with Crippen LogP contribution in [0.2, 0.25) is 0 Å². The summed E-state index contributed by atoms with van der Waals surface area (Å²) in [6.07, 6.45) is 29.4. The minimum Gasteiger partial charge on any atom is -0.481 e. The molecule has 5 heteroatoms. The van der Waals surface area contributed by atoms with E-state index in [1.54, 1.807) is 0 Å². The molecule has 0 aromatic heterocycles. The van der Waals surface area contributed by atoms with Crippen molar-refractivity contribution in [3.8, 4) is 0 Å². The van der Waals surface area contributed by atoms with Crippen molar-refractivity contribution in [2.45, 2.75) is 168 Å². The number of esters is 1. The van der Waals surface area contributed by atoms with Gasteiger partial charge in [-0.25, -0.2) is 0 Å². The molecule has 0 spiro atoms. The third-order valence-electron chi connectivity index (χ3n) is 7.65. The predicted octanol–water partition coefficient (Wildman–Crippen LogP) is 9.73. The zero-order chi connectivity index (χ0) is 29.0. The zero-order valence-electron chi connectivity index (χ0n) is 26.4. The predicted molar refractivity (Wildman–Crippen MR) is 166 cm³/mol. The minimum absolute atomic E-state index is 0.0421. The second-order valence-corrected chi connectivity index (χ2v) is 11.9. The van der Waals surface area contributed by atoms with Crippen LogP contribution in [0.1, 0.15) is 162 Å². The second kappa shape index (κ2) is 28.2. The van der Waals surface area contributed by atoms with Crippen molar-refractivity contribution in [2.24, 2.45) is 5.92 Å². The molecule has 230 valence electrons. The van der Waals surface area contributed by atoms with Crippen LogP contribution in [0.5, 0.6) is 0 Å². The maximum atomic E-state index is 12.4. The number of rotatable bonds is 29. The number of nitrogens with zero attached hydrogens (tertiary/aromatic N) is 1. The molecule has 0 aliphatic rings. The Labute approximate surface area is 242 Å². The standard InChI is InChI=1S/C34H65NO4/c1-5-7-9-11-13-16-20-25-31(34(37)38)26-21-17-15-19-23-28-32(27-22-18-14-12-10-8-6-2)39-33(36)29-24-30-35(3)4/h16,20,31-32H,5-15,17-19,21-30H2,1-4H3,(H,37,38)/b20-16+. The van der Waals surface area contributed by atoms with Crippen LogP contribution in [0.25, 0.3) is 0 Å². The molecule has 1 N–H and O–H groups in total. The van der Waals surface area contributed by atoms with E-state index >= 15 is 0 Å². The molecule has 39 heavy (non-hydrogen) atoms. The Morgan fingerprint density at radius 2 is 1.21 bits per heavy atom. The minimum atomic E-state index is -0.661. The van der Waals surface area contributed by atoms with E-state index < -0.39 is 5.97 Å². The van der Waals surface area contributed by atoms with Crippen molar-refractivity contribution in [3.63, 3.8) is 0 Å². The lowest BCUT2D eigenvalue weighted by molar-refractivity contribution is -0.150. The van der Waals surface area contributed by atoms with Gasteiger partial charge >= 0.3 is 11.9 Å². The third-order valence-corrected chi connectivity index (χ3v) is 7.65. The first kappa shape index (κ1) is 37.6. The molecule has 0 aliphatic heterocycles. The molecule has 0 saturated carbocycles. The van der Waals surface area contributed by atoms with Gasteiger partial charge in [0.2, 0.25) is 0 Å². The molecule has 2 atom stereocenters. The first-order valence-electron chi connectivity index (χ1n) is 16.6. The first-order valence-corrected chi connectivity index (χ1v) is 16.6. The summed E-state index contributed by atoms with van der Waals surface area (Å²) in [5, 5.41) is 9.57. The van der Waals surface area contributed by atoms with E-state index in [-0.39, 0.29) is 18.0 Å². The molecule has 0 heterocycles. The topological polar surface area (TPSA) is 66.8 Å². The van der Waals surface area contributed by atoms with Crippen LogP contribution in [0, 0.1) is 5.92 Å². The van der Waals surface area contributed by atoms with Gasteiger partial charge in [-0.15, -0.1) is 0 Å². The van der Waals surface area contributed by atoms with Crippen molar-refractivity contribution in [3.05, 3.63) is 12.2 Å². The number of aliphatic carboxylic acids is 1. The number of unbranched alkanes of at least 4 members (excludes halogenated alkanes) is 14. The lowest BCUT2D eigenvalue weighted by Gasteiger charge is -2.18. The SMILES string of the molecule is CCCCCC/C=C/CC(CCCCCCCC(CCCCCCCCC)OC(=O)CCCN(C)C)C(=O)O. The number of carboxylic acids is 1. The van der Waals surface area contributed by atoms with E-state index in [2.05, 4.69) is 30.9 Å². The summed E-state index contributed by atoms with van der Waals surface area (Å²) in [6.45, 7) is 5.38. The van der Waals surface area contributed by atoms with Gasteiger partial charge in [-0.05, 0) is 78.4 Å². The van der Waals surface area contributed by atoms with Gasteiger partial charge < -0.3 is 14.7 Å². The van der Waals surface area contributed by atoms with E-state index in [1.807, 2.05) is 14.1 Å². The number of hydrogen-bond donors (Lipinski definition) is 1. The Kier molecular flexibility index (Phi) is 27.2. The average Bonchev–Trinajstić information content (AvgIpc) is 2.89. The summed E-state index contributed by atoms with van der Waals surface area (Å²) in [4.78, 5) is 26.1. The van der Waals surface area contributed by atoms with Crippen molar-refractivity contribution in [2.75, 3.05) is 20.6 Å². The summed E-state index contributed by atoms with van der Waals surface area (Å²) in [5.41, 5.74) is 0. The monoisotopic (exact) mass is 551 g/mol. The quantitative estimate of drug-likeness (QED) is 0.0569. The van der Waals surface area contributed by atoms with E-state index in [0.717, 1.165) is 77.2 Å². The molecule has 0 aliphatic carbocycles. The van der Waals surface area contributed by atoms with E-state index in [9.17, 15) is 14.7 Å². The number of carbonyl (C=O) groups excluding carboxylic acids is 1. The summed E-state index contributed by atoms with van der Waals surface area (Å²) in [7, 11) is 4.06. The Balaban J connectivity index is 4.22. The number of carboxylic acid groups (broad SMARTS) is 1. The average molecular weight is 552 g/mol. The fourth-order valence-corrected chi connectivity index (χ4v) is 5.08. The Morgan fingerprint density at radius 3 is 1.74 bits per heavy atom.